The molecule has 3 nitrogen and oxygen atoms in total. The number of amides is 1. The molecule has 3 N–H and O–H groups in total. The van der Waals surface area contributed by atoms with E-state index in [0.29, 0.717) is 12.3 Å². The summed E-state index contributed by atoms with van der Waals surface area (Å²) in [5, 5.41) is 2.98. The first-order valence-corrected chi connectivity index (χ1v) is 5.56. The summed E-state index contributed by atoms with van der Waals surface area (Å²) in [5.74, 6) is 0.601. The smallest absolute Gasteiger partial charge is 0.221 e. The van der Waals surface area contributed by atoms with Gasteiger partial charge in [0.15, 0.2) is 0 Å². The number of hydrogen-bond acceptors (Lipinski definition) is 2. The molecular weight excluding hydrogens is 176 g/mol. The van der Waals surface area contributed by atoms with Gasteiger partial charge in [0.25, 0.3) is 0 Å². The SMILES string of the molecule is CCC(N)CC(=O)NC(C)C(C)CC. The van der Waals surface area contributed by atoms with E-state index in [1.165, 1.54) is 0 Å². The van der Waals surface area contributed by atoms with Gasteiger partial charge in [0.1, 0.15) is 0 Å². The Balaban J connectivity index is 3.82. The first kappa shape index (κ1) is 13.4. The van der Waals surface area contributed by atoms with Crippen molar-refractivity contribution in [2.75, 3.05) is 0 Å². The Hall–Kier alpha value is -0.570. The van der Waals surface area contributed by atoms with Gasteiger partial charge in [0, 0.05) is 18.5 Å². The molecule has 0 saturated carbocycles. The summed E-state index contributed by atoms with van der Waals surface area (Å²) in [7, 11) is 0. The monoisotopic (exact) mass is 200 g/mol. The second-order valence-electron chi connectivity index (χ2n) is 4.11. The average molecular weight is 200 g/mol. The molecule has 0 aromatic rings. The molecule has 0 aliphatic rings. The van der Waals surface area contributed by atoms with Gasteiger partial charge in [0.05, 0.1) is 0 Å². The minimum absolute atomic E-state index is 0.000803. The summed E-state index contributed by atoms with van der Waals surface area (Å²) in [6.45, 7) is 8.31. The lowest BCUT2D eigenvalue weighted by molar-refractivity contribution is -0.122. The molecule has 0 rings (SSSR count). The fourth-order valence-electron chi connectivity index (χ4n) is 1.19. The predicted molar refractivity (Wildman–Crippen MR) is 59.9 cm³/mol. The number of nitrogens with two attached hydrogens (primary N) is 1. The maximum absolute atomic E-state index is 11.5. The number of nitrogens with one attached hydrogen (secondary N) is 1. The molecule has 0 heterocycles. The molecule has 0 aromatic carbocycles. The van der Waals surface area contributed by atoms with Crippen LogP contribution in [0.1, 0.15) is 47.0 Å². The molecule has 3 heteroatoms. The van der Waals surface area contributed by atoms with Crippen LogP contribution in [0, 0.1) is 5.92 Å². The van der Waals surface area contributed by atoms with Crippen molar-refractivity contribution in [2.24, 2.45) is 11.7 Å². The van der Waals surface area contributed by atoms with Gasteiger partial charge in [-0.15, -0.1) is 0 Å². The molecule has 0 bridgehead atoms. The van der Waals surface area contributed by atoms with Crippen molar-refractivity contribution < 1.29 is 4.79 Å². The van der Waals surface area contributed by atoms with Crippen LogP contribution in [-0.2, 0) is 4.79 Å². The van der Waals surface area contributed by atoms with Crippen LogP contribution in [-0.4, -0.2) is 18.0 Å². The van der Waals surface area contributed by atoms with Crippen LogP contribution in [0.15, 0.2) is 0 Å². The minimum Gasteiger partial charge on any atom is -0.353 e. The fraction of sp³-hybridized carbons (Fsp3) is 0.909. The van der Waals surface area contributed by atoms with Gasteiger partial charge in [-0.25, -0.2) is 0 Å². The normalized spacial score (nSPS) is 17.2. The number of carbonyl (C=O) groups is 1. The Bertz CT molecular complexity index is 171. The Kier molecular flexibility index (Phi) is 6.54. The van der Waals surface area contributed by atoms with Gasteiger partial charge in [-0.2, -0.15) is 0 Å². The lowest BCUT2D eigenvalue weighted by Gasteiger charge is -2.20. The van der Waals surface area contributed by atoms with Crippen molar-refractivity contribution in [3.63, 3.8) is 0 Å². The molecule has 0 aromatic heterocycles. The molecule has 84 valence electrons. The molecular formula is C11H24N2O. The van der Waals surface area contributed by atoms with Gasteiger partial charge >= 0.3 is 0 Å². The minimum atomic E-state index is -0.000803. The highest BCUT2D eigenvalue weighted by atomic mass is 16.1. The zero-order valence-electron chi connectivity index (χ0n) is 9.84. The molecule has 0 radical (unpaired) electrons. The third-order valence-electron chi connectivity index (χ3n) is 2.86. The highest BCUT2D eigenvalue weighted by Crippen LogP contribution is 2.07. The summed E-state index contributed by atoms with van der Waals surface area (Å²) in [6, 6.07) is 0.246. The molecule has 0 fully saturated rings. The maximum atomic E-state index is 11.5. The average Bonchev–Trinajstić information content (AvgIpc) is 2.15. The summed E-state index contributed by atoms with van der Waals surface area (Å²) in [4.78, 5) is 11.5. The number of carbonyl (C=O) groups excluding carboxylic acids is 1. The highest BCUT2D eigenvalue weighted by molar-refractivity contribution is 5.76. The third-order valence-corrected chi connectivity index (χ3v) is 2.86. The first-order valence-electron chi connectivity index (χ1n) is 5.56. The van der Waals surface area contributed by atoms with Crippen molar-refractivity contribution >= 4 is 5.91 Å². The molecule has 3 unspecified atom stereocenters. The van der Waals surface area contributed by atoms with Crippen molar-refractivity contribution in [1.29, 1.82) is 0 Å². The van der Waals surface area contributed by atoms with Crippen molar-refractivity contribution in [3.05, 3.63) is 0 Å². The Morgan fingerprint density at radius 1 is 1.29 bits per heavy atom. The van der Waals surface area contributed by atoms with Crippen LogP contribution in [0.5, 0.6) is 0 Å². The van der Waals surface area contributed by atoms with Crippen LogP contribution >= 0.6 is 0 Å². The molecule has 3 atom stereocenters. The summed E-state index contributed by atoms with van der Waals surface area (Å²) in [5.41, 5.74) is 5.70. The Morgan fingerprint density at radius 3 is 2.29 bits per heavy atom. The van der Waals surface area contributed by atoms with Gasteiger partial charge < -0.3 is 11.1 Å². The largest absolute Gasteiger partial charge is 0.353 e. The van der Waals surface area contributed by atoms with Crippen LogP contribution in [0.4, 0.5) is 0 Å². The van der Waals surface area contributed by atoms with Crippen molar-refractivity contribution in [2.45, 2.75) is 59.0 Å². The Labute approximate surface area is 87.4 Å². The van der Waals surface area contributed by atoms with E-state index >= 15 is 0 Å². The molecule has 1 amide bonds. The molecule has 0 aliphatic carbocycles. The topological polar surface area (TPSA) is 55.1 Å². The first-order chi connectivity index (χ1) is 6.51. The standard InChI is InChI=1S/C11H24N2O/c1-5-8(3)9(4)13-11(14)7-10(12)6-2/h8-10H,5-7,12H2,1-4H3,(H,13,14). The molecule has 0 spiro atoms. The van der Waals surface area contributed by atoms with E-state index < -0.39 is 0 Å². The van der Waals surface area contributed by atoms with Gasteiger partial charge in [0.2, 0.25) is 5.91 Å². The highest BCUT2D eigenvalue weighted by Gasteiger charge is 2.14. The van der Waals surface area contributed by atoms with Gasteiger partial charge in [-0.05, 0) is 19.3 Å². The van der Waals surface area contributed by atoms with E-state index in [4.69, 9.17) is 5.73 Å². The van der Waals surface area contributed by atoms with Crippen LogP contribution in [0.2, 0.25) is 0 Å². The van der Waals surface area contributed by atoms with E-state index in [0.717, 1.165) is 12.8 Å². The van der Waals surface area contributed by atoms with E-state index in [1.54, 1.807) is 0 Å². The van der Waals surface area contributed by atoms with Crippen molar-refractivity contribution in [1.82, 2.24) is 5.32 Å². The predicted octanol–water partition coefficient (Wildman–Crippen LogP) is 1.66. The molecule has 0 aliphatic heterocycles. The van der Waals surface area contributed by atoms with Crippen molar-refractivity contribution in [3.8, 4) is 0 Å². The third kappa shape index (κ3) is 5.22. The summed E-state index contributed by atoms with van der Waals surface area (Å²) in [6.07, 6.45) is 2.38. The van der Waals surface area contributed by atoms with Crippen LogP contribution in [0.3, 0.4) is 0 Å². The zero-order valence-corrected chi connectivity index (χ0v) is 9.84. The maximum Gasteiger partial charge on any atom is 0.221 e. The second kappa shape index (κ2) is 6.82. The lowest BCUT2D eigenvalue weighted by atomic mass is 10.0. The second-order valence-corrected chi connectivity index (χ2v) is 4.11. The van der Waals surface area contributed by atoms with E-state index in [2.05, 4.69) is 19.2 Å². The van der Waals surface area contributed by atoms with Gasteiger partial charge in [-0.1, -0.05) is 27.2 Å². The van der Waals surface area contributed by atoms with Gasteiger partial charge in [-0.3, -0.25) is 4.79 Å². The Morgan fingerprint density at radius 2 is 1.86 bits per heavy atom. The molecule has 14 heavy (non-hydrogen) atoms. The fourth-order valence-corrected chi connectivity index (χ4v) is 1.19. The summed E-state index contributed by atoms with van der Waals surface area (Å²) < 4.78 is 0. The number of hydrogen-bond donors (Lipinski definition) is 2. The van der Waals surface area contributed by atoms with E-state index in [1.807, 2.05) is 13.8 Å². The quantitative estimate of drug-likeness (QED) is 0.685. The number of rotatable bonds is 6. The lowest BCUT2D eigenvalue weighted by Crippen LogP contribution is -2.39. The summed E-state index contributed by atoms with van der Waals surface area (Å²) >= 11 is 0. The van der Waals surface area contributed by atoms with Crippen LogP contribution < -0.4 is 11.1 Å². The zero-order chi connectivity index (χ0) is 11.1. The van der Waals surface area contributed by atoms with E-state index in [9.17, 15) is 4.79 Å². The van der Waals surface area contributed by atoms with E-state index in [-0.39, 0.29) is 18.0 Å². The van der Waals surface area contributed by atoms with Crippen LogP contribution in [0.25, 0.3) is 0 Å². The molecule has 0 saturated heterocycles.